The van der Waals surface area contributed by atoms with Crippen molar-refractivity contribution in [3.05, 3.63) is 35.1 Å². The van der Waals surface area contributed by atoms with Gasteiger partial charge in [-0.3, -0.25) is 0 Å². The average Bonchev–Trinajstić information content (AvgIpc) is 2.90. The summed E-state index contributed by atoms with van der Waals surface area (Å²) in [6.45, 7) is 5.87. The lowest BCUT2D eigenvalue weighted by Crippen LogP contribution is -2.06. The van der Waals surface area contributed by atoms with E-state index in [9.17, 15) is 4.79 Å². The molecule has 1 aromatic heterocycles. The molecular weight excluding hydrogens is 294 g/mol. The summed E-state index contributed by atoms with van der Waals surface area (Å²) in [5.74, 6) is 0.0933. The minimum absolute atomic E-state index is 0.0372. The van der Waals surface area contributed by atoms with E-state index in [1.54, 1.807) is 25.1 Å². The normalized spacial score (nSPS) is 10.7. The van der Waals surface area contributed by atoms with Crippen LogP contribution in [0.1, 0.15) is 31.3 Å². The molecule has 0 amide bonds. The molecule has 6 nitrogen and oxygen atoms in total. The smallest absolute Gasteiger partial charge is 0.360 e. The van der Waals surface area contributed by atoms with Crippen molar-refractivity contribution in [1.29, 1.82) is 0 Å². The van der Waals surface area contributed by atoms with Crippen LogP contribution in [0.2, 0.25) is 5.02 Å². The zero-order valence-electron chi connectivity index (χ0n) is 12.0. The molecular formula is C14H16ClN3O3. The van der Waals surface area contributed by atoms with Crippen molar-refractivity contribution in [2.75, 3.05) is 6.61 Å². The molecule has 0 N–H and O–H groups in total. The molecule has 0 spiro atoms. The Balaban J connectivity index is 2.23. The quantitative estimate of drug-likeness (QED) is 0.794. The van der Waals surface area contributed by atoms with Crippen LogP contribution in [0.25, 0.3) is 5.69 Å². The summed E-state index contributed by atoms with van der Waals surface area (Å²) in [5.41, 5.74) is 0.828. The van der Waals surface area contributed by atoms with Gasteiger partial charge >= 0.3 is 5.97 Å². The van der Waals surface area contributed by atoms with Gasteiger partial charge in [0.05, 0.1) is 29.6 Å². The summed E-state index contributed by atoms with van der Waals surface area (Å²) in [5, 5.41) is 8.13. The van der Waals surface area contributed by atoms with Crippen molar-refractivity contribution in [3.8, 4) is 11.4 Å². The Morgan fingerprint density at radius 3 is 2.81 bits per heavy atom. The molecule has 0 aliphatic carbocycles. The van der Waals surface area contributed by atoms with Crippen LogP contribution >= 0.6 is 11.6 Å². The van der Waals surface area contributed by atoms with E-state index in [1.807, 2.05) is 13.8 Å². The second kappa shape index (κ2) is 6.58. The highest BCUT2D eigenvalue weighted by Gasteiger charge is 2.13. The fraction of sp³-hybridized carbons (Fsp3) is 0.357. The number of rotatable bonds is 5. The number of nitrogens with zero attached hydrogens (tertiary/aromatic N) is 3. The molecule has 2 rings (SSSR count). The summed E-state index contributed by atoms with van der Waals surface area (Å²) in [6, 6.07) is 5.24. The van der Waals surface area contributed by atoms with Crippen molar-refractivity contribution >= 4 is 17.6 Å². The lowest BCUT2D eigenvalue weighted by molar-refractivity contribution is 0.0519. The average molecular weight is 310 g/mol. The third-order valence-electron chi connectivity index (χ3n) is 2.52. The number of esters is 1. The Morgan fingerprint density at radius 2 is 2.19 bits per heavy atom. The Bertz CT molecular complexity index is 640. The maximum absolute atomic E-state index is 11.5. The van der Waals surface area contributed by atoms with Crippen molar-refractivity contribution in [1.82, 2.24) is 15.0 Å². The van der Waals surface area contributed by atoms with E-state index in [0.717, 1.165) is 0 Å². The number of ether oxygens (including phenoxy) is 2. The number of carbonyl (C=O) groups excluding carboxylic acids is 1. The van der Waals surface area contributed by atoms with Crippen LogP contribution in [-0.4, -0.2) is 33.7 Å². The van der Waals surface area contributed by atoms with E-state index >= 15 is 0 Å². The van der Waals surface area contributed by atoms with Crippen molar-refractivity contribution in [3.63, 3.8) is 0 Å². The van der Waals surface area contributed by atoms with Gasteiger partial charge in [-0.15, -0.1) is 5.10 Å². The molecule has 0 bridgehead atoms. The van der Waals surface area contributed by atoms with Gasteiger partial charge in [0.25, 0.3) is 0 Å². The Kier molecular flexibility index (Phi) is 4.80. The molecule has 0 unspecified atom stereocenters. The molecule has 7 heteroatoms. The van der Waals surface area contributed by atoms with Gasteiger partial charge < -0.3 is 9.47 Å². The van der Waals surface area contributed by atoms with E-state index < -0.39 is 5.97 Å². The van der Waals surface area contributed by atoms with Crippen LogP contribution in [0.3, 0.4) is 0 Å². The van der Waals surface area contributed by atoms with Gasteiger partial charge in [-0.05, 0) is 39.0 Å². The van der Waals surface area contributed by atoms with Crippen LogP contribution in [-0.2, 0) is 4.74 Å². The lowest BCUT2D eigenvalue weighted by atomic mass is 10.3. The first-order valence-corrected chi connectivity index (χ1v) is 6.95. The molecule has 0 aliphatic heterocycles. The molecule has 0 atom stereocenters. The number of aromatic nitrogens is 3. The first kappa shape index (κ1) is 15.3. The summed E-state index contributed by atoms with van der Waals surface area (Å²) in [7, 11) is 0. The van der Waals surface area contributed by atoms with Crippen LogP contribution in [0.5, 0.6) is 5.75 Å². The van der Waals surface area contributed by atoms with Gasteiger partial charge in [0.2, 0.25) is 0 Å². The van der Waals surface area contributed by atoms with E-state index in [-0.39, 0.29) is 11.8 Å². The number of hydrogen-bond acceptors (Lipinski definition) is 5. The summed E-state index contributed by atoms with van der Waals surface area (Å²) < 4.78 is 11.9. The molecule has 1 aromatic carbocycles. The highest BCUT2D eigenvalue weighted by atomic mass is 35.5. The minimum Gasteiger partial charge on any atom is -0.489 e. The first-order chi connectivity index (χ1) is 10.0. The van der Waals surface area contributed by atoms with Crippen LogP contribution < -0.4 is 4.74 Å². The highest BCUT2D eigenvalue weighted by molar-refractivity contribution is 6.32. The molecule has 21 heavy (non-hydrogen) atoms. The summed E-state index contributed by atoms with van der Waals surface area (Å²) in [6.07, 6.45) is 1.53. The first-order valence-electron chi connectivity index (χ1n) is 6.57. The Labute approximate surface area is 127 Å². The fourth-order valence-electron chi connectivity index (χ4n) is 1.67. The monoisotopic (exact) mass is 309 g/mol. The standard InChI is InChI=1S/C14H16ClN3O3/c1-4-20-14(19)12-8-18(17-16-12)10-5-6-13(11(15)7-10)21-9(2)3/h5-9H,4H2,1-3H3. The van der Waals surface area contributed by atoms with Crippen LogP contribution in [0.4, 0.5) is 0 Å². The van der Waals surface area contributed by atoms with Gasteiger partial charge in [-0.2, -0.15) is 0 Å². The number of halogens is 1. The third-order valence-corrected chi connectivity index (χ3v) is 2.82. The van der Waals surface area contributed by atoms with Crippen molar-refractivity contribution in [2.45, 2.75) is 26.9 Å². The zero-order chi connectivity index (χ0) is 15.4. The number of carbonyl (C=O) groups is 1. The van der Waals surface area contributed by atoms with Gasteiger partial charge in [0.1, 0.15) is 5.75 Å². The van der Waals surface area contributed by atoms with Gasteiger partial charge in [-0.1, -0.05) is 16.8 Å². The second-order valence-electron chi connectivity index (χ2n) is 4.55. The van der Waals surface area contributed by atoms with Gasteiger partial charge in [0, 0.05) is 0 Å². The third kappa shape index (κ3) is 3.72. The predicted octanol–water partition coefficient (Wildman–Crippen LogP) is 2.88. The SMILES string of the molecule is CCOC(=O)c1cn(-c2ccc(OC(C)C)c(Cl)c2)nn1. The van der Waals surface area contributed by atoms with Gasteiger partial charge in [0.15, 0.2) is 5.69 Å². The topological polar surface area (TPSA) is 66.2 Å². The number of hydrogen-bond donors (Lipinski definition) is 0. The van der Waals surface area contributed by atoms with E-state index in [2.05, 4.69) is 10.3 Å². The second-order valence-corrected chi connectivity index (χ2v) is 4.96. The van der Waals surface area contributed by atoms with E-state index in [1.165, 1.54) is 10.9 Å². The Hall–Kier alpha value is -2.08. The highest BCUT2D eigenvalue weighted by Crippen LogP contribution is 2.27. The molecule has 0 radical (unpaired) electrons. The largest absolute Gasteiger partial charge is 0.489 e. The van der Waals surface area contributed by atoms with Crippen LogP contribution in [0.15, 0.2) is 24.4 Å². The summed E-state index contributed by atoms with van der Waals surface area (Å²) in [4.78, 5) is 11.5. The minimum atomic E-state index is -0.505. The molecule has 0 aliphatic rings. The van der Waals surface area contributed by atoms with Crippen molar-refractivity contribution < 1.29 is 14.3 Å². The maximum Gasteiger partial charge on any atom is 0.360 e. The van der Waals surface area contributed by atoms with Crippen molar-refractivity contribution in [2.24, 2.45) is 0 Å². The summed E-state index contributed by atoms with van der Waals surface area (Å²) >= 11 is 6.16. The molecule has 2 aromatic rings. The lowest BCUT2D eigenvalue weighted by Gasteiger charge is -2.12. The molecule has 0 fully saturated rings. The molecule has 0 saturated heterocycles. The van der Waals surface area contributed by atoms with Gasteiger partial charge in [-0.25, -0.2) is 9.48 Å². The molecule has 112 valence electrons. The maximum atomic E-state index is 11.5. The van der Waals surface area contributed by atoms with E-state index in [0.29, 0.717) is 23.1 Å². The zero-order valence-corrected chi connectivity index (χ0v) is 12.8. The molecule has 0 saturated carbocycles. The fourth-order valence-corrected chi connectivity index (χ4v) is 1.89. The predicted molar refractivity (Wildman–Crippen MR) is 78.1 cm³/mol. The van der Waals surface area contributed by atoms with Crippen LogP contribution in [0, 0.1) is 0 Å². The molecule has 1 heterocycles. The Morgan fingerprint density at radius 1 is 1.43 bits per heavy atom. The number of benzene rings is 1. The van der Waals surface area contributed by atoms with E-state index in [4.69, 9.17) is 21.1 Å².